The molecule has 0 amide bonds. The van der Waals surface area contributed by atoms with E-state index in [1.165, 1.54) is 7.11 Å². The second-order valence-electron chi connectivity index (χ2n) is 2.99. The molecule has 1 aliphatic carbocycles. The van der Waals surface area contributed by atoms with Gasteiger partial charge in [0.1, 0.15) is 5.76 Å². The van der Waals surface area contributed by atoms with Crippen LogP contribution in [0.4, 0.5) is 0 Å². The molecule has 0 aromatic heterocycles. The maximum absolute atomic E-state index is 10.9. The van der Waals surface area contributed by atoms with Gasteiger partial charge in [0.25, 0.3) is 0 Å². The number of allylic oxidation sites excluding steroid dienone is 1. The number of hydrogen-bond donors (Lipinski definition) is 3. The van der Waals surface area contributed by atoms with Crippen LogP contribution in [0.3, 0.4) is 0 Å². The second kappa shape index (κ2) is 3.76. The lowest BCUT2D eigenvalue weighted by Crippen LogP contribution is -2.25. The number of Topliss-reactive ketones (excluding diaryl/α,β-unsaturated/α-hetero) is 1. The molecule has 0 radical (unpaired) electrons. The van der Waals surface area contributed by atoms with Crippen molar-refractivity contribution in [3.63, 3.8) is 0 Å². The number of aliphatic hydroxyl groups is 3. The zero-order chi connectivity index (χ0) is 10.0. The minimum atomic E-state index is -0.960. The molecule has 3 N–H and O–H groups in total. The van der Waals surface area contributed by atoms with Gasteiger partial charge in [-0.1, -0.05) is 0 Å². The second-order valence-corrected chi connectivity index (χ2v) is 2.99. The van der Waals surface area contributed by atoms with Crippen LogP contribution in [0.25, 0.3) is 0 Å². The predicted molar refractivity (Wildman–Crippen MR) is 43.3 cm³/mol. The summed E-state index contributed by atoms with van der Waals surface area (Å²) in [5.41, 5.74) is 0. The van der Waals surface area contributed by atoms with Crippen LogP contribution in [0.5, 0.6) is 0 Å². The Bertz CT molecular complexity index is 245. The van der Waals surface area contributed by atoms with Crippen molar-refractivity contribution in [2.75, 3.05) is 13.7 Å². The Hall–Kier alpha value is -1.07. The van der Waals surface area contributed by atoms with Crippen LogP contribution < -0.4 is 0 Å². The topological polar surface area (TPSA) is 87.0 Å². The highest BCUT2D eigenvalue weighted by Gasteiger charge is 2.36. The molecule has 2 unspecified atom stereocenters. The molecular weight excluding hydrogens is 176 g/mol. The van der Waals surface area contributed by atoms with Crippen molar-refractivity contribution in [3.8, 4) is 0 Å². The number of ether oxygens (including phenoxy) is 1. The van der Waals surface area contributed by atoms with E-state index in [0.717, 1.165) is 0 Å². The van der Waals surface area contributed by atoms with Crippen LogP contribution in [0.15, 0.2) is 11.5 Å². The quantitative estimate of drug-likeness (QED) is 0.576. The SMILES string of the molecule is COCC(O)C1CC(=O)C(O)=C1O. The van der Waals surface area contributed by atoms with Gasteiger partial charge < -0.3 is 20.1 Å². The van der Waals surface area contributed by atoms with Crippen molar-refractivity contribution in [2.24, 2.45) is 5.92 Å². The van der Waals surface area contributed by atoms with Crippen molar-refractivity contribution >= 4 is 5.78 Å². The molecule has 0 aliphatic heterocycles. The van der Waals surface area contributed by atoms with Gasteiger partial charge in [0.15, 0.2) is 5.76 Å². The zero-order valence-electron chi connectivity index (χ0n) is 7.23. The fourth-order valence-corrected chi connectivity index (χ4v) is 1.32. The minimum absolute atomic E-state index is 0.0231. The van der Waals surface area contributed by atoms with Gasteiger partial charge in [0.05, 0.1) is 18.6 Å². The van der Waals surface area contributed by atoms with Gasteiger partial charge in [0, 0.05) is 13.5 Å². The van der Waals surface area contributed by atoms with Crippen LogP contribution in [0.1, 0.15) is 6.42 Å². The molecular formula is C8H12O5. The van der Waals surface area contributed by atoms with Gasteiger partial charge in [-0.25, -0.2) is 0 Å². The third-order valence-corrected chi connectivity index (χ3v) is 2.07. The predicted octanol–water partition coefficient (Wildman–Crippen LogP) is -0.0897. The Balaban J connectivity index is 2.70. The number of methoxy groups -OCH3 is 1. The van der Waals surface area contributed by atoms with Crippen LogP contribution in [-0.4, -0.2) is 40.9 Å². The Morgan fingerprint density at radius 2 is 2.23 bits per heavy atom. The third kappa shape index (κ3) is 1.81. The molecule has 74 valence electrons. The molecule has 0 bridgehead atoms. The molecule has 0 spiro atoms. The summed E-state index contributed by atoms with van der Waals surface area (Å²) in [6.07, 6.45) is -1.03. The number of aliphatic hydroxyl groups excluding tert-OH is 3. The normalized spacial score (nSPS) is 25.4. The summed E-state index contributed by atoms with van der Waals surface area (Å²) in [4.78, 5) is 10.9. The summed E-state index contributed by atoms with van der Waals surface area (Å²) >= 11 is 0. The van der Waals surface area contributed by atoms with Crippen LogP contribution in [-0.2, 0) is 9.53 Å². The fraction of sp³-hybridized carbons (Fsp3) is 0.625. The Kier molecular flexibility index (Phi) is 2.90. The standard InChI is InChI=1S/C8H12O5/c1-13-3-6(10)4-2-5(9)8(12)7(4)11/h4,6,10-12H,2-3H2,1H3. The van der Waals surface area contributed by atoms with Gasteiger partial charge >= 0.3 is 0 Å². The van der Waals surface area contributed by atoms with Crippen LogP contribution in [0.2, 0.25) is 0 Å². The first-order valence-corrected chi connectivity index (χ1v) is 3.90. The lowest BCUT2D eigenvalue weighted by Gasteiger charge is -2.15. The lowest BCUT2D eigenvalue weighted by atomic mass is 10.0. The number of rotatable bonds is 3. The summed E-state index contributed by atoms with van der Waals surface area (Å²) in [7, 11) is 1.40. The molecule has 5 nitrogen and oxygen atoms in total. The fourth-order valence-electron chi connectivity index (χ4n) is 1.32. The molecule has 0 saturated carbocycles. The zero-order valence-corrected chi connectivity index (χ0v) is 7.23. The lowest BCUT2D eigenvalue weighted by molar-refractivity contribution is -0.118. The molecule has 5 heteroatoms. The Labute approximate surface area is 75.3 Å². The van der Waals surface area contributed by atoms with Crippen molar-refractivity contribution in [1.82, 2.24) is 0 Å². The summed E-state index contributed by atoms with van der Waals surface area (Å²) in [5, 5.41) is 27.6. The van der Waals surface area contributed by atoms with E-state index in [1.807, 2.05) is 0 Å². The molecule has 0 aromatic carbocycles. The molecule has 2 atom stereocenters. The number of carbonyl (C=O) groups excluding carboxylic acids is 1. The first kappa shape index (κ1) is 10.0. The maximum atomic E-state index is 10.9. The molecule has 0 saturated heterocycles. The molecule has 0 fully saturated rings. The van der Waals surface area contributed by atoms with Crippen molar-refractivity contribution in [3.05, 3.63) is 11.5 Å². The summed E-state index contributed by atoms with van der Waals surface area (Å²) in [6, 6.07) is 0. The Morgan fingerprint density at radius 1 is 1.62 bits per heavy atom. The third-order valence-electron chi connectivity index (χ3n) is 2.07. The van der Waals surface area contributed by atoms with Gasteiger partial charge in [-0.05, 0) is 0 Å². The highest BCUT2D eigenvalue weighted by atomic mass is 16.5. The van der Waals surface area contributed by atoms with Crippen LogP contribution in [0, 0.1) is 5.92 Å². The Morgan fingerprint density at radius 3 is 2.62 bits per heavy atom. The van der Waals surface area contributed by atoms with Gasteiger partial charge in [0.2, 0.25) is 5.78 Å². The molecule has 0 aromatic rings. The smallest absolute Gasteiger partial charge is 0.201 e. The molecule has 13 heavy (non-hydrogen) atoms. The van der Waals surface area contributed by atoms with Crippen LogP contribution >= 0.6 is 0 Å². The summed E-state index contributed by atoms with van der Waals surface area (Å²) in [5.74, 6) is -2.35. The van der Waals surface area contributed by atoms with Crippen molar-refractivity contribution in [1.29, 1.82) is 0 Å². The van der Waals surface area contributed by atoms with Gasteiger partial charge in [-0.2, -0.15) is 0 Å². The minimum Gasteiger partial charge on any atom is -0.508 e. The van der Waals surface area contributed by atoms with Crippen molar-refractivity contribution < 1.29 is 24.9 Å². The first-order valence-electron chi connectivity index (χ1n) is 3.90. The molecule has 1 aliphatic rings. The first-order chi connectivity index (χ1) is 6.07. The van der Waals surface area contributed by atoms with E-state index < -0.39 is 29.3 Å². The maximum Gasteiger partial charge on any atom is 0.201 e. The van der Waals surface area contributed by atoms with E-state index in [-0.39, 0.29) is 13.0 Å². The molecule has 1 rings (SSSR count). The van der Waals surface area contributed by atoms with E-state index in [2.05, 4.69) is 4.74 Å². The van der Waals surface area contributed by atoms with E-state index in [9.17, 15) is 15.0 Å². The highest BCUT2D eigenvalue weighted by Crippen LogP contribution is 2.28. The average molecular weight is 188 g/mol. The van der Waals surface area contributed by atoms with Gasteiger partial charge in [-0.3, -0.25) is 4.79 Å². The molecule has 0 heterocycles. The van der Waals surface area contributed by atoms with Crippen molar-refractivity contribution in [2.45, 2.75) is 12.5 Å². The van der Waals surface area contributed by atoms with Gasteiger partial charge in [-0.15, -0.1) is 0 Å². The summed E-state index contributed by atoms with van der Waals surface area (Å²) < 4.78 is 4.66. The van der Waals surface area contributed by atoms with E-state index in [1.54, 1.807) is 0 Å². The summed E-state index contributed by atoms with van der Waals surface area (Å²) in [6.45, 7) is 0.0231. The largest absolute Gasteiger partial charge is 0.508 e. The highest BCUT2D eigenvalue weighted by molar-refractivity contribution is 5.96. The number of ketones is 1. The monoisotopic (exact) mass is 188 g/mol. The number of carbonyl (C=O) groups is 1. The average Bonchev–Trinajstić information content (AvgIpc) is 2.33. The van der Waals surface area contributed by atoms with E-state index in [4.69, 9.17) is 5.11 Å². The number of hydrogen-bond acceptors (Lipinski definition) is 5. The van der Waals surface area contributed by atoms with E-state index >= 15 is 0 Å². The van der Waals surface area contributed by atoms with E-state index in [0.29, 0.717) is 0 Å².